The Hall–Kier alpha value is -3.21. The van der Waals surface area contributed by atoms with Crippen molar-refractivity contribution in [3.63, 3.8) is 0 Å². The molecule has 0 aliphatic heterocycles. The molecule has 0 saturated carbocycles. The van der Waals surface area contributed by atoms with E-state index in [0.29, 0.717) is 0 Å². The molecule has 5 heteroatoms. The van der Waals surface area contributed by atoms with E-state index in [1.165, 1.54) is 0 Å². The lowest BCUT2D eigenvalue weighted by Gasteiger charge is -2.10. The molecule has 4 rings (SSSR count). The van der Waals surface area contributed by atoms with E-state index in [2.05, 4.69) is 32.6 Å². The Labute approximate surface area is 133 Å². The third-order valence-electron chi connectivity index (χ3n) is 3.66. The van der Waals surface area contributed by atoms with Crippen LogP contribution in [0.1, 0.15) is 5.69 Å². The summed E-state index contributed by atoms with van der Waals surface area (Å²) < 4.78 is 0. The molecule has 3 aromatic heterocycles. The molecule has 0 aliphatic carbocycles. The molecular formula is C18H15N5. The predicted octanol–water partition coefficient (Wildman–Crippen LogP) is 4.07. The number of benzene rings is 1. The van der Waals surface area contributed by atoms with Crippen molar-refractivity contribution in [3.05, 3.63) is 66.6 Å². The molecule has 0 unspecified atom stereocenters. The first-order chi connectivity index (χ1) is 11.3. The number of aromatic amines is 1. The minimum Gasteiger partial charge on any atom is -0.323 e. The van der Waals surface area contributed by atoms with Crippen LogP contribution in [-0.2, 0) is 0 Å². The molecule has 3 heterocycles. The number of aryl methyl sites for hydroxylation is 1. The van der Waals surface area contributed by atoms with E-state index < -0.39 is 0 Å². The molecule has 5 nitrogen and oxygen atoms in total. The molecule has 0 amide bonds. The van der Waals surface area contributed by atoms with Crippen molar-refractivity contribution in [1.29, 1.82) is 0 Å². The lowest BCUT2D eigenvalue weighted by atomic mass is 10.0. The van der Waals surface area contributed by atoms with E-state index in [-0.39, 0.29) is 0 Å². The van der Waals surface area contributed by atoms with E-state index >= 15 is 0 Å². The maximum atomic E-state index is 4.78. The highest BCUT2D eigenvalue weighted by atomic mass is 15.2. The molecule has 0 atom stereocenters. The van der Waals surface area contributed by atoms with Gasteiger partial charge < -0.3 is 5.32 Å². The zero-order valence-electron chi connectivity index (χ0n) is 12.6. The van der Waals surface area contributed by atoms with Gasteiger partial charge in [-0.1, -0.05) is 24.3 Å². The van der Waals surface area contributed by atoms with Crippen LogP contribution in [0, 0.1) is 6.92 Å². The average molecular weight is 301 g/mol. The quantitative estimate of drug-likeness (QED) is 0.598. The number of nitrogens with zero attached hydrogens (tertiary/aromatic N) is 3. The summed E-state index contributed by atoms with van der Waals surface area (Å²) in [6.07, 6.45) is 3.56. The van der Waals surface area contributed by atoms with Crippen molar-refractivity contribution in [2.75, 3.05) is 5.32 Å². The fourth-order valence-corrected chi connectivity index (χ4v) is 2.61. The van der Waals surface area contributed by atoms with Gasteiger partial charge in [0.1, 0.15) is 5.82 Å². The highest BCUT2D eigenvalue weighted by Gasteiger charge is 2.09. The normalized spacial score (nSPS) is 10.8. The molecule has 0 aliphatic rings. The number of hydrogen-bond donors (Lipinski definition) is 2. The Kier molecular flexibility index (Phi) is 3.24. The number of H-pyrrole nitrogens is 1. The zero-order valence-corrected chi connectivity index (χ0v) is 12.6. The first-order valence-electron chi connectivity index (χ1n) is 7.39. The first kappa shape index (κ1) is 13.5. The maximum Gasteiger partial charge on any atom is 0.153 e. The topological polar surface area (TPSA) is 66.5 Å². The summed E-state index contributed by atoms with van der Waals surface area (Å²) in [5.41, 5.74) is 2.97. The third kappa shape index (κ3) is 2.64. The van der Waals surface area contributed by atoms with E-state index in [1.54, 1.807) is 12.4 Å². The summed E-state index contributed by atoms with van der Waals surface area (Å²) in [7, 11) is 0. The molecule has 0 fully saturated rings. The molecule has 2 N–H and O–H groups in total. The fourth-order valence-electron chi connectivity index (χ4n) is 2.61. The van der Waals surface area contributed by atoms with E-state index in [9.17, 15) is 0 Å². The van der Waals surface area contributed by atoms with E-state index in [1.807, 2.05) is 43.3 Å². The van der Waals surface area contributed by atoms with Gasteiger partial charge in [-0.15, -0.1) is 0 Å². The van der Waals surface area contributed by atoms with Crippen LogP contribution in [0.4, 0.5) is 11.6 Å². The minimum absolute atomic E-state index is 0.756. The Morgan fingerprint density at radius 3 is 2.57 bits per heavy atom. The fraction of sp³-hybridized carbons (Fsp3) is 0.0556. The number of rotatable bonds is 3. The van der Waals surface area contributed by atoms with Crippen LogP contribution in [0.5, 0.6) is 0 Å². The third-order valence-corrected chi connectivity index (χ3v) is 3.66. The van der Waals surface area contributed by atoms with Gasteiger partial charge in [0.2, 0.25) is 0 Å². The second-order valence-electron chi connectivity index (χ2n) is 5.37. The van der Waals surface area contributed by atoms with Gasteiger partial charge in [-0.05, 0) is 30.5 Å². The molecule has 4 aromatic rings. The lowest BCUT2D eigenvalue weighted by molar-refractivity contribution is 1.05. The Bertz CT molecular complexity index is 959. The molecule has 112 valence electrons. The van der Waals surface area contributed by atoms with Gasteiger partial charge in [0, 0.05) is 35.1 Å². The SMILES string of the molecule is Cc1cc(Nc2cc3ccccc3c(-c3ccncc3)n2)n[nH]1. The number of anilines is 2. The number of pyridine rings is 2. The van der Waals surface area contributed by atoms with Crippen molar-refractivity contribution < 1.29 is 0 Å². The van der Waals surface area contributed by atoms with Crippen LogP contribution >= 0.6 is 0 Å². The van der Waals surface area contributed by atoms with Crippen molar-refractivity contribution in [2.24, 2.45) is 0 Å². The summed E-state index contributed by atoms with van der Waals surface area (Å²) in [5, 5.41) is 12.6. The summed E-state index contributed by atoms with van der Waals surface area (Å²) in [4.78, 5) is 8.87. The predicted molar refractivity (Wildman–Crippen MR) is 91.6 cm³/mol. The van der Waals surface area contributed by atoms with Gasteiger partial charge in [-0.3, -0.25) is 10.1 Å². The highest BCUT2D eigenvalue weighted by molar-refractivity contribution is 5.96. The average Bonchev–Trinajstić information content (AvgIpc) is 3.00. The summed E-state index contributed by atoms with van der Waals surface area (Å²) in [6.45, 7) is 1.97. The van der Waals surface area contributed by atoms with Crippen molar-refractivity contribution >= 4 is 22.4 Å². The minimum atomic E-state index is 0.756. The monoisotopic (exact) mass is 301 g/mol. The number of aromatic nitrogens is 4. The largest absolute Gasteiger partial charge is 0.323 e. The van der Waals surface area contributed by atoms with Gasteiger partial charge >= 0.3 is 0 Å². The molecule has 0 saturated heterocycles. The smallest absolute Gasteiger partial charge is 0.153 e. The summed E-state index contributed by atoms with van der Waals surface area (Å²) in [5.74, 6) is 1.52. The standard InChI is InChI=1S/C18H15N5/c1-12-10-17(23-22-12)20-16-11-14-4-2-3-5-15(14)18(21-16)13-6-8-19-9-7-13/h2-11H,1H3,(H2,20,21,22,23). The molecule has 1 aromatic carbocycles. The van der Waals surface area contributed by atoms with Crippen LogP contribution in [0.2, 0.25) is 0 Å². The van der Waals surface area contributed by atoms with Gasteiger partial charge in [0.25, 0.3) is 0 Å². The van der Waals surface area contributed by atoms with Crippen LogP contribution in [0.3, 0.4) is 0 Å². The van der Waals surface area contributed by atoms with Crippen molar-refractivity contribution in [3.8, 4) is 11.3 Å². The summed E-state index contributed by atoms with van der Waals surface area (Å²) in [6, 6.07) is 16.1. The second kappa shape index (κ2) is 5.53. The zero-order chi connectivity index (χ0) is 15.6. The van der Waals surface area contributed by atoms with Gasteiger partial charge in [0.05, 0.1) is 5.69 Å². The number of hydrogen-bond acceptors (Lipinski definition) is 4. The molecule has 0 bridgehead atoms. The van der Waals surface area contributed by atoms with Crippen LogP contribution in [0.15, 0.2) is 60.9 Å². The Balaban J connectivity index is 1.86. The van der Waals surface area contributed by atoms with Crippen molar-refractivity contribution in [2.45, 2.75) is 6.92 Å². The maximum absolute atomic E-state index is 4.78. The number of fused-ring (bicyclic) bond motifs is 1. The number of nitrogens with one attached hydrogen (secondary N) is 2. The van der Waals surface area contributed by atoms with Gasteiger partial charge in [-0.2, -0.15) is 5.10 Å². The van der Waals surface area contributed by atoms with E-state index in [4.69, 9.17) is 4.98 Å². The molecular weight excluding hydrogens is 286 g/mol. The van der Waals surface area contributed by atoms with Crippen molar-refractivity contribution in [1.82, 2.24) is 20.2 Å². The lowest BCUT2D eigenvalue weighted by Crippen LogP contribution is -1.96. The highest BCUT2D eigenvalue weighted by Crippen LogP contribution is 2.29. The van der Waals surface area contributed by atoms with E-state index in [0.717, 1.165) is 39.4 Å². The second-order valence-corrected chi connectivity index (χ2v) is 5.37. The van der Waals surface area contributed by atoms with Crippen LogP contribution in [0.25, 0.3) is 22.0 Å². The molecule has 23 heavy (non-hydrogen) atoms. The Morgan fingerprint density at radius 1 is 0.957 bits per heavy atom. The summed E-state index contributed by atoms with van der Waals surface area (Å²) >= 11 is 0. The Morgan fingerprint density at radius 2 is 1.78 bits per heavy atom. The van der Waals surface area contributed by atoms with Crippen LogP contribution < -0.4 is 5.32 Å². The molecule has 0 radical (unpaired) electrons. The van der Waals surface area contributed by atoms with Crippen LogP contribution in [-0.4, -0.2) is 20.2 Å². The first-order valence-corrected chi connectivity index (χ1v) is 7.39. The van der Waals surface area contributed by atoms with Gasteiger partial charge in [-0.25, -0.2) is 4.98 Å². The molecule has 0 spiro atoms. The van der Waals surface area contributed by atoms with Gasteiger partial charge in [0.15, 0.2) is 5.82 Å².